The van der Waals surface area contributed by atoms with Gasteiger partial charge in [-0.3, -0.25) is 4.57 Å². The molecule has 4 rings (SSSR count). The van der Waals surface area contributed by atoms with E-state index >= 15 is 0 Å². The van der Waals surface area contributed by atoms with Crippen LogP contribution < -0.4 is 5.69 Å². The Labute approximate surface area is 158 Å². The molecule has 0 amide bonds. The molecule has 9 heteroatoms. The van der Waals surface area contributed by atoms with Crippen molar-refractivity contribution in [3.8, 4) is 11.3 Å². The molecule has 1 aromatic carbocycles. The molecule has 0 spiro atoms. The first-order valence-electron chi connectivity index (χ1n) is 8.29. The lowest BCUT2D eigenvalue weighted by molar-refractivity contribution is 0.0941. The molecular formula is C17H17ClN4O3S. The molecular weight excluding hydrogens is 376 g/mol. The summed E-state index contributed by atoms with van der Waals surface area (Å²) in [4.78, 5) is 16.3. The van der Waals surface area contributed by atoms with Crippen molar-refractivity contribution in [1.82, 2.24) is 19.7 Å². The highest BCUT2D eigenvalue weighted by Crippen LogP contribution is 2.26. The minimum Gasteiger partial charge on any atom is -0.440 e. The maximum atomic E-state index is 12.0. The van der Waals surface area contributed by atoms with Crippen molar-refractivity contribution < 1.29 is 9.15 Å². The van der Waals surface area contributed by atoms with E-state index in [9.17, 15) is 4.79 Å². The largest absolute Gasteiger partial charge is 0.440 e. The van der Waals surface area contributed by atoms with Crippen molar-refractivity contribution in [2.24, 2.45) is 0 Å². The van der Waals surface area contributed by atoms with Crippen LogP contribution in [0.25, 0.3) is 11.3 Å². The fourth-order valence-corrected chi connectivity index (χ4v) is 3.84. The third-order valence-corrected chi connectivity index (χ3v) is 5.32. The molecule has 3 heterocycles. The minimum atomic E-state index is -0.227. The minimum absolute atomic E-state index is 0.0702. The Kier molecular flexibility index (Phi) is 5.14. The van der Waals surface area contributed by atoms with Gasteiger partial charge >= 0.3 is 5.69 Å². The van der Waals surface area contributed by atoms with Crippen LogP contribution in [-0.4, -0.2) is 32.5 Å². The van der Waals surface area contributed by atoms with Crippen LogP contribution in [0.3, 0.4) is 0 Å². The predicted octanol–water partition coefficient (Wildman–Crippen LogP) is 3.35. The van der Waals surface area contributed by atoms with E-state index in [-0.39, 0.29) is 11.8 Å². The Bertz CT molecular complexity index is 945. The van der Waals surface area contributed by atoms with Gasteiger partial charge in [0.1, 0.15) is 0 Å². The van der Waals surface area contributed by atoms with Gasteiger partial charge in [0.05, 0.1) is 24.6 Å². The van der Waals surface area contributed by atoms with Gasteiger partial charge in [-0.15, -0.1) is 5.10 Å². The molecule has 1 N–H and O–H groups in total. The highest BCUT2D eigenvalue weighted by molar-refractivity contribution is 7.98. The smallest absolute Gasteiger partial charge is 0.344 e. The lowest BCUT2D eigenvalue weighted by atomic mass is 10.2. The van der Waals surface area contributed by atoms with Crippen molar-refractivity contribution in [3.05, 3.63) is 51.9 Å². The number of hydrogen-bond donors (Lipinski definition) is 1. The lowest BCUT2D eigenvalue weighted by Crippen LogP contribution is -2.24. The summed E-state index contributed by atoms with van der Waals surface area (Å²) < 4.78 is 13.0. The number of oxazole rings is 1. The number of halogens is 1. The maximum Gasteiger partial charge on any atom is 0.344 e. The molecule has 1 fully saturated rings. The molecule has 1 aliphatic heterocycles. The highest BCUT2D eigenvalue weighted by Gasteiger charge is 2.20. The number of rotatable bonds is 6. The molecule has 2 aromatic heterocycles. The molecule has 26 heavy (non-hydrogen) atoms. The topological polar surface area (TPSA) is 85.9 Å². The maximum absolute atomic E-state index is 12.0. The second kappa shape index (κ2) is 7.69. The van der Waals surface area contributed by atoms with Crippen LogP contribution in [0.15, 0.2) is 44.8 Å². The van der Waals surface area contributed by atoms with E-state index in [1.165, 1.54) is 11.8 Å². The van der Waals surface area contributed by atoms with Crippen molar-refractivity contribution in [1.29, 1.82) is 0 Å². The van der Waals surface area contributed by atoms with Gasteiger partial charge in [0.15, 0.2) is 10.9 Å². The molecule has 0 bridgehead atoms. The van der Waals surface area contributed by atoms with Crippen LogP contribution in [0.5, 0.6) is 0 Å². The number of aromatic amines is 1. The molecule has 1 saturated heterocycles. The Morgan fingerprint density at radius 3 is 3.15 bits per heavy atom. The summed E-state index contributed by atoms with van der Waals surface area (Å²) in [6.07, 6.45) is 3.74. The van der Waals surface area contributed by atoms with Gasteiger partial charge in [0.25, 0.3) is 0 Å². The zero-order valence-corrected chi connectivity index (χ0v) is 15.4. The number of H-pyrrole nitrogens is 1. The molecule has 1 aliphatic rings. The van der Waals surface area contributed by atoms with E-state index in [1.54, 1.807) is 10.8 Å². The van der Waals surface area contributed by atoms with Gasteiger partial charge in [-0.2, -0.15) is 0 Å². The van der Waals surface area contributed by atoms with Crippen LogP contribution in [-0.2, 0) is 17.0 Å². The average Bonchev–Trinajstić information content (AvgIpc) is 3.37. The van der Waals surface area contributed by atoms with E-state index in [1.807, 2.05) is 24.3 Å². The first-order valence-corrected chi connectivity index (χ1v) is 9.65. The van der Waals surface area contributed by atoms with Gasteiger partial charge in [0.2, 0.25) is 5.89 Å². The molecule has 136 valence electrons. The summed E-state index contributed by atoms with van der Waals surface area (Å²) in [6.45, 7) is 1.26. The summed E-state index contributed by atoms with van der Waals surface area (Å²) in [5.74, 6) is 1.68. The van der Waals surface area contributed by atoms with Gasteiger partial charge < -0.3 is 9.15 Å². The highest BCUT2D eigenvalue weighted by atomic mass is 35.5. The fourth-order valence-electron chi connectivity index (χ4n) is 2.84. The second-order valence-corrected chi connectivity index (χ2v) is 7.35. The fraction of sp³-hybridized carbons (Fsp3) is 0.353. The third-order valence-electron chi connectivity index (χ3n) is 4.12. The lowest BCUT2D eigenvalue weighted by Gasteiger charge is -2.10. The van der Waals surface area contributed by atoms with Crippen LogP contribution in [0, 0.1) is 0 Å². The van der Waals surface area contributed by atoms with Crippen LogP contribution >= 0.6 is 23.4 Å². The predicted molar refractivity (Wildman–Crippen MR) is 98.3 cm³/mol. The number of aromatic nitrogens is 4. The van der Waals surface area contributed by atoms with Crippen molar-refractivity contribution in [2.45, 2.75) is 36.4 Å². The number of thioether (sulfide) groups is 1. The van der Waals surface area contributed by atoms with Crippen LogP contribution in [0.4, 0.5) is 0 Å². The number of hydrogen-bond acceptors (Lipinski definition) is 6. The Morgan fingerprint density at radius 1 is 1.42 bits per heavy atom. The van der Waals surface area contributed by atoms with Crippen molar-refractivity contribution in [2.75, 3.05) is 6.61 Å². The number of benzene rings is 1. The van der Waals surface area contributed by atoms with E-state index in [4.69, 9.17) is 20.8 Å². The van der Waals surface area contributed by atoms with Gasteiger partial charge in [-0.05, 0) is 25.0 Å². The van der Waals surface area contributed by atoms with E-state index in [2.05, 4.69) is 15.2 Å². The summed E-state index contributed by atoms with van der Waals surface area (Å²) in [6, 6.07) is 7.41. The monoisotopic (exact) mass is 392 g/mol. The van der Waals surface area contributed by atoms with Gasteiger partial charge in [-0.1, -0.05) is 35.5 Å². The molecule has 3 aromatic rings. The summed E-state index contributed by atoms with van der Waals surface area (Å²) >= 11 is 7.41. The molecule has 7 nitrogen and oxygen atoms in total. The van der Waals surface area contributed by atoms with E-state index in [0.717, 1.165) is 25.0 Å². The normalized spacial score (nSPS) is 17.0. The summed E-state index contributed by atoms with van der Waals surface area (Å²) in [5.41, 5.74) is 0.645. The van der Waals surface area contributed by atoms with Gasteiger partial charge in [-0.25, -0.2) is 14.9 Å². The van der Waals surface area contributed by atoms with Crippen LogP contribution in [0.1, 0.15) is 18.7 Å². The SMILES string of the molecule is O=c1[nH]nc(SCc2ncc(-c3cccc(Cl)c3)o2)n1CC1CCCO1. The second-order valence-electron chi connectivity index (χ2n) is 5.97. The van der Waals surface area contributed by atoms with Crippen molar-refractivity contribution in [3.63, 3.8) is 0 Å². The molecule has 1 unspecified atom stereocenters. The summed E-state index contributed by atoms with van der Waals surface area (Å²) in [5, 5.41) is 7.84. The zero-order valence-electron chi connectivity index (χ0n) is 13.9. The summed E-state index contributed by atoms with van der Waals surface area (Å²) in [7, 11) is 0. The number of ether oxygens (including phenoxy) is 1. The van der Waals surface area contributed by atoms with Gasteiger partial charge in [0, 0.05) is 17.2 Å². The standard InChI is InChI=1S/C17H17ClN4O3S/c18-12-4-1-3-11(7-12)14-8-19-15(25-14)10-26-17-21-20-16(23)22(17)9-13-5-2-6-24-13/h1,3-4,7-8,13H,2,5-6,9-10H2,(H,20,23). The first-order chi connectivity index (χ1) is 12.7. The molecule has 1 atom stereocenters. The Hall–Kier alpha value is -2.03. The van der Waals surface area contributed by atoms with Crippen molar-refractivity contribution >= 4 is 23.4 Å². The zero-order chi connectivity index (χ0) is 17.9. The van der Waals surface area contributed by atoms with E-state index in [0.29, 0.717) is 34.1 Å². The molecule has 0 aliphatic carbocycles. The quantitative estimate of drug-likeness (QED) is 0.647. The number of nitrogens with one attached hydrogen (secondary N) is 1. The average molecular weight is 393 g/mol. The van der Waals surface area contributed by atoms with Crippen LogP contribution in [0.2, 0.25) is 5.02 Å². The molecule has 0 radical (unpaired) electrons. The first kappa shape index (κ1) is 17.4. The number of nitrogens with zero attached hydrogens (tertiary/aromatic N) is 3. The van der Waals surface area contributed by atoms with E-state index < -0.39 is 0 Å². The molecule has 0 saturated carbocycles. The third kappa shape index (κ3) is 3.87. The Morgan fingerprint density at radius 2 is 2.35 bits per heavy atom. The Balaban J connectivity index is 1.44.